The normalized spacial score (nSPS) is 11.8. The van der Waals surface area contributed by atoms with E-state index in [1.54, 1.807) is 0 Å². The minimum absolute atomic E-state index is 0.182. The molecule has 1 aromatic carbocycles. The Kier molecular flexibility index (Phi) is 8.67. The van der Waals surface area contributed by atoms with Crippen LogP contribution >= 0.6 is 0 Å². The van der Waals surface area contributed by atoms with Crippen molar-refractivity contribution in [3.8, 4) is 0 Å². The van der Waals surface area contributed by atoms with Crippen molar-refractivity contribution < 1.29 is 19.1 Å². The van der Waals surface area contributed by atoms with Gasteiger partial charge >= 0.3 is 6.09 Å². The van der Waals surface area contributed by atoms with Crippen LogP contribution in [0.4, 0.5) is 4.79 Å². The van der Waals surface area contributed by atoms with Gasteiger partial charge in [0.1, 0.15) is 6.61 Å². The number of carbonyl (C=O) groups is 2. The van der Waals surface area contributed by atoms with E-state index in [1.165, 1.54) is 0 Å². The maximum absolute atomic E-state index is 11.7. The Morgan fingerprint density at radius 2 is 2.00 bits per heavy atom. The number of unbranched alkanes of at least 4 members (excludes halogenated alkanes) is 1. The van der Waals surface area contributed by atoms with Crippen LogP contribution in [0.15, 0.2) is 30.3 Å². The molecule has 0 heterocycles. The average molecular weight is 308 g/mol. The lowest BCUT2D eigenvalue weighted by atomic mass is 10.2. The topological polar surface area (TPSA) is 67.9 Å². The summed E-state index contributed by atoms with van der Waals surface area (Å²) in [6.45, 7) is 1.47. The maximum Gasteiger partial charge on any atom is 0.410 e. The summed E-state index contributed by atoms with van der Waals surface area (Å²) in [5.74, 6) is 0. The van der Waals surface area contributed by atoms with Gasteiger partial charge in [-0.05, 0) is 39.0 Å². The third-order valence-electron chi connectivity index (χ3n) is 3.03. The number of hydrogen-bond donors (Lipinski definition) is 1. The van der Waals surface area contributed by atoms with Crippen molar-refractivity contribution in [2.24, 2.45) is 0 Å². The second kappa shape index (κ2) is 10.6. The van der Waals surface area contributed by atoms with Gasteiger partial charge in [-0.3, -0.25) is 10.1 Å². The van der Waals surface area contributed by atoms with E-state index in [2.05, 4.69) is 10.2 Å². The predicted molar refractivity (Wildman–Crippen MR) is 83.1 cm³/mol. The highest BCUT2D eigenvalue weighted by molar-refractivity contribution is 5.67. The van der Waals surface area contributed by atoms with Crippen molar-refractivity contribution in [2.75, 3.05) is 20.6 Å². The van der Waals surface area contributed by atoms with Crippen LogP contribution in [0.25, 0.3) is 0 Å². The lowest BCUT2D eigenvalue weighted by Gasteiger charge is -2.17. The maximum atomic E-state index is 11.7. The molecule has 0 radical (unpaired) electrons. The summed E-state index contributed by atoms with van der Waals surface area (Å²) in [5.41, 5.74) is 0.900. The highest BCUT2D eigenvalue weighted by Gasteiger charge is 2.13. The molecule has 6 nitrogen and oxygen atoms in total. The first kappa shape index (κ1) is 18.0. The van der Waals surface area contributed by atoms with Crippen molar-refractivity contribution in [1.29, 1.82) is 0 Å². The lowest BCUT2D eigenvalue weighted by molar-refractivity contribution is -0.135. The van der Waals surface area contributed by atoms with Crippen molar-refractivity contribution in [3.05, 3.63) is 35.9 Å². The smallest absolute Gasteiger partial charge is 0.410 e. The molecule has 0 saturated carbocycles. The molecule has 0 aliphatic carbocycles. The molecule has 0 aliphatic rings. The van der Waals surface area contributed by atoms with Gasteiger partial charge in [0.15, 0.2) is 6.23 Å². The van der Waals surface area contributed by atoms with Crippen LogP contribution in [0, 0.1) is 0 Å². The summed E-state index contributed by atoms with van der Waals surface area (Å²) in [4.78, 5) is 24.3. The van der Waals surface area contributed by atoms with E-state index in [1.807, 2.05) is 44.4 Å². The van der Waals surface area contributed by atoms with E-state index in [9.17, 15) is 9.59 Å². The van der Waals surface area contributed by atoms with Gasteiger partial charge in [-0.15, -0.1) is 0 Å². The third kappa shape index (κ3) is 8.26. The van der Waals surface area contributed by atoms with Gasteiger partial charge in [-0.2, -0.15) is 0 Å². The number of hydrogen-bond acceptors (Lipinski definition) is 5. The van der Waals surface area contributed by atoms with Gasteiger partial charge in [-0.25, -0.2) is 4.79 Å². The standard InChI is InChI=1S/C16H24N2O4/c1-18(2)11-7-6-10-15(22-13-19)17-16(20)21-12-14-8-4-3-5-9-14/h3-5,8-9,13,15H,6-7,10-12H2,1-2H3,(H,17,20). The molecule has 0 saturated heterocycles. The monoisotopic (exact) mass is 308 g/mol. The van der Waals surface area contributed by atoms with E-state index >= 15 is 0 Å². The number of amides is 1. The molecule has 1 atom stereocenters. The van der Waals surface area contributed by atoms with Crippen LogP contribution in [0.1, 0.15) is 24.8 Å². The van der Waals surface area contributed by atoms with Gasteiger partial charge in [0.25, 0.3) is 6.47 Å². The second-order valence-electron chi connectivity index (χ2n) is 5.23. The van der Waals surface area contributed by atoms with Crippen LogP contribution in [-0.2, 0) is 20.9 Å². The fourth-order valence-corrected chi connectivity index (χ4v) is 1.90. The first-order chi connectivity index (χ1) is 10.6. The molecular formula is C16H24N2O4. The summed E-state index contributed by atoms with van der Waals surface area (Å²) >= 11 is 0. The fraction of sp³-hybridized carbons (Fsp3) is 0.500. The Morgan fingerprint density at radius 1 is 1.27 bits per heavy atom. The third-order valence-corrected chi connectivity index (χ3v) is 3.03. The lowest BCUT2D eigenvalue weighted by Crippen LogP contribution is -2.37. The van der Waals surface area contributed by atoms with Crippen molar-refractivity contribution in [1.82, 2.24) is 10.2 Å². The van der Waals surface area contributed by atoms with Gasteiger partial charge in [0, 0.05) is 6.42 Å². The zero-order chi connectivity index (χ0) is 16.2. The fourth-order valence-electron chi connectivity index (χ4n) is 1.90. The summed E-state index contributed by atoms with van der Waals surface area (Å²) in [6, 6.07) is 9.38. The number of ether oxygens (including phenoxy) is 2. The van der Waals surface area contributed by atoms with Crippen LogP contribution < -0.4 is 5.32 Å². The molecule has 6 heteroatoms. The van der Waals surface area contributed by atoms with Gasteiger partial charge in [0.05, 0.1) is 0 Å². The first-order valence-corrected chi connectivity index (χ1v) is 7.33. The zero-order valence-electron chi connectivity index (χ0n) is 13.2. The van der Waals surface area contributed by atoms with Crippen LogP contribution in [-0.4, -0.2) is 44.3 Å². The van der Waals surface area contributed by atoms with E-state index in [0.717, 1.165) is 24.9 Å². The SMILES string of the molecule is CN(C)CCCCC(NC(=O)OCc1ccccc1)OC=O. The number of rotatable bonds is 10. The molecule has 122 valence electrons. The van der Waals surface area contributed by atoms with Crippen molar-refractivity contribution in [3.63, 3.8) is 0 Å². The highest BCUT2D eigenvalue weighted by Crippen LogP contribution is 2.04. The average Bonchev–Trinajstić information content (AvgIpc) is 2.50. The molecular weight excluding hydrogens is 284 g/mol. The summed E-state index contributed by atoms with van der Waals surface area (Å²) in [7, 11) is 4.00. The Hall–Kier alpha value is -2.08. The van der Waals surface area contributed by atoms with Crippen LogP contribution in [0.5, 0.6) is 0 Å². The number of alkyl carbamates (subject to hydrolysis) is 1. The minimum Gasteiger partial charge on any atom is -0.445 e. The van der Waals surface area contributed by atoms with Crippen molar-refractivity contribution in [2.45, 2.75) is 32.1 Å². The molecule has 1 amide bonds. The molecule has 1 rings (SSSR count). The minimum atomic E-state index is -0.650. The molecule has 0 bridgehead atoms. The summed E-state index contributed by atoms with van der Waals surface area (Å²) in [6.07, 6.45) is 1.13. The van der Waals surface area contributed by atoms with E-state index in [-0.39, 0.29) is 6.61 Å². The van der Waals surface area contributed by atoms with Gasteiger partial charge in [0.2, 0.25) is 0 Å². The molecule has 0 aromatic heterocycles. The number of carbonyl (C=O) groups excluding carboxylic acids is 2. The quantitative estimate of drug-likeness (QED) is 0.407. The van der Waals surface area contributed by atoms with Gasteiger partial charge < -0.3 is 14.4 Å². The molecule has 0 spiro atoms. The van der Waals surface area contributed by atoms with Crippen molar-refractivity contribution >= 4 is 12.6 Å². The Labute approximate surface area is 131 Å². The summed E-state index contributed by atoms with van der Waals surface area (Å²) < 4.78 is 9.96. The summed E-state index contributed by atoms with van der Waals surface area (Å²) in [5, 5.41) is 2.55. The predicted octanol–water partition coefficient (Wildman–Crippen LogP) is 2.14. The largest absolute Gasteiger partial charge is 0.445 e. The van der Waals surface area contributed by atoms with Crippen LogP contribution in [0.3, 0.4) is 0 Å². The molecule has 1 aromatic rings. The van der Waals surface area contributed by atoms with E-state index in [4.69, 9.17) is 9.47 Å². The highest BCUT2D eigenvalue weighted by atomic mass is 16.6. The van der Waals surface area contributed by atoms with Crippen LogP contribution in [0.2, 0.25) is 0 Å². The molecule has 0 fully saturated rings. The molecule has 1 unspecified atom stereocenters. The Morgan fingerprint density at radius 3 is 2.64 bits per heavy atom. The Balaban J connectivity index is 2.28. The van der Waals surface area contributed by atoms with E-state index < -0.39 is 12.3 Å². The number of nitrogens with zero attached hydrogens (tertiary/aromatic N) is 1. The van der Waals surface area contributed by atoms with E-state index in [0.29, 0.717) is 12.9 Å². The first-order valence-electron chi connectivity index (χ1n) is 7.33. The Bertz CT molecular complexity index is 437. The number of nitrogens with one attached hydrogen (secondary N) is 1. The molecule has 1 N–H and O–H groups in total. The number of benzene rings is 1. The molecule has 0 aliphatic heterocycles. The van der Waals surface area contributed by atoms with Gasteiger partial charge in [-0.1, -0.05) is 30.3 Å². The molecule has 22 heavy (non-hydrogen) atoms. The second-order valence-corrected chi connectivity index (χ2v) is 5.23. The zero-order valence-corrected chi connectivity index (χ0v) is 13.2.